The number of hydrogen-bond donors (Lipinski definition) is 1. The molecular formula is C17H16Cl2O3PTi. The first kappa shape index (κ1) is 23.3. The van der Waals surface area contributed by atoms with Gasteiger partial charge in [0.1, 0.15) is 5.76 Å². The van der Waals surface area contributed by atoms with Crippen LogP contribution in [0, 0.1) is 0 Å². The molecule has 125 valence electrons. The van der Waals surface area contributed by atoms with Crippen LogP contribution in [0.25, 0.3) is 10.8 Å². The van der Waals surface area contributed by atoms with E-state index in [4.69, 9.17) is 4.52 Å². The minimum atomic E-state index is -3.89. The Kier molecular flexibility index (Phi) is 8.89. The van der Waals surface area contributed by atoms with E-state index in [1.807, 2.05) is 50.3 Å². The van der Waals surface area contributed by atoms with Gasteiger partial charge in [0.2, 0.25) is 0 Å². The van der Waals surface area contributed by atoms with E-state index in [1.54, 1.807) is 18.2 Å². The Bertz CT molecular complexity index is 815. The van der Waals surface area contributed by atoms with Gasteiger partial charge in [-0.25, -0.2) is 4.57 Å². The van der Waals surface area contributed by atoms with Crippen LogP contribution in [-0.2, 0) is 30.8 Å². The molecule has 1 radical (unpaired) electrons. The second kappa shape index (κ2) is 9.15. The zero-order chi connectivity index (χ0) is 15.0. The minimum Gasteiger partial charge on any atom is -1.00 e. The SMILES string of the molecule is CC(C)=C1C=CC=C1OP(=O)(O)c1cc2ccccc2[cH-]1.[Cl-].[Cl-].[Ti+3]. The Hall–Kier alpha value is -0.666. The van der Waals surface area contributed by atoms with Crippen LogP contribution in [0.2, 0.25) is 0 Å². The van der Waals surface area contributed by atoms with Gasteiger partial charge >= 0.3 is 29.3 Å². The molecule has 1 aliphatic carbocycles. The van der Waals surface area contributed by atoms with Crippen molar-refractivity contribution in [2.75, 3.05) is 0 Å². The first-order valence-corrected chi connectivity index (χ1v) is 8.30. The second-order valence-electron chi connectivity index (χ2n) is 5.26. The summed E-state index contributed by atoms with van der Waals surface area (Å²) in [6, 6.07) is 11.1. The van der Waals surface area contributed by atoms with Crippen LogP contribution in [-0.4, -0.2) is 4.89 Å². The first-order valence-electron chi connectivity index (χ1n) is 6.72. The minimum absolute atomic E-state index is 0. The molecule has 2 aromatic rings. The standard InChI is InChI=1S/C17H16O3P.2ClH.Ti/c1-12(2)16-8-5-9-17(16)20-21(18,19)15-10-13-6-3-4-7-14(13)11-15;;;/h3-11H,1-2H3,(H,18,19);2*1H;/q-1;;;+3/p-2. The molecular weight excluding hydrogens is 402 g/mol. The number of halogens is 2. The van der Waals surface area contributed by atoms with E-state index >= 15 is 0 Å². The predicted octanol–water partition coefficient (Wildman–Crippen LogP) is -1.82. The van der Waals surface area contributed by atoms with Gasteiger partial charge in [0.15, 0.2) is 0 Å². The Labute approximate surface area is 169 Å². The van der Waals surface area contributed by atoms with Crippen molar-refractivity contribution in [2.24, 2.45) is 0 Å². The summed E-state index contributed by atoms with van der Waals surface area (Å²) in [4.78, 5) is 10.3. The van der Waals surface area contributed by atoms with Gasteiger partial charge in [0.25, 0.3) is 0 Å². The Balaban J connectivity index is 0.00000176. The molecule has 3 nitrogen and oxygen atoms in total. The molecule has 1 aliphatic rings. The molecule has 0 saturated heterocycles. The summed E-state index contributed by atoms with van der Waals surface area (Å²) >= 11 is 0. The molecule has 0 saturated carbocycles. The molecule has 7 heteroatoms. The maximum atomic E-state index is 12.6. The average Bonchev–Trinajstić information content (AvgIpc) is 3.04. The zero-order valence-corrected chi connectivity index (χ0v) is 17.1. The fraction of sp³-hybridized carbons (Fsp3) is 0.118. The normalized spacial score (nSPS) is 14.8. The number of rotatable bonds is 3. The smallest absolute Gasteiger partial charge is 1.00 e. The van der Waals surface area contributed by atoms with Gasteiger partial charge in [-0.05, 0) is 25.2 Å². The van der Waals surface area contributed by atoms with Crippen LogP contribution < -0.4 is 30.1 Å². The molecule has 0 amide bonds. The van der Waals surface area contributed by atoms with Gasteiger partial charge in [-0.2, -0.15) is 6.07 Å². The molecule has 24 heavy (non-hydrogen) atoms. The molecule has 0 fully saturated rings. The molecule has 1 N–H and O–H groups in total. The van der Waals surface area contributed by atoms with Crippen molar-refractivity contribution in [3.05, 3.63) is 71.5 Å². The molecule has 0 bridgehead atoms. The van der Waals surface area contributed by atoms with E-state index in [9.17, 15) is 9.46 Å². The third kappa shape index (κ3) is 4.70. The Morgan fingerprint density at radius 2 is 1.88 bits per heavy atom. The van der Waals surface area contributed by atoms with Crippen LogP contribution in [0.5, 0.6) is 0 Å². The van der Waals surface area contributed by atoms with E-state index in [0.29, 0.717) is 11.1 Å². The molecule has 1 unspecified atom stereocenters. The van der Waals surface area contributed by atoms with Crippen LogP contribution in [0.15, 0.2) is 71.5 Å². The molecule has 0 heterocycles. The maximum Gasteiger partial charge on any atom is 3.00 e. The van der Waals surface area contributed by atoms with Gasteiger partial charge in [-0.15, -0.1) is 35.0 Å². The fourth-order valence-electron chi connectivity index (χ4n) is 2.38. The summed E-state index contributed by atoms with van der Waals surface area (Å²) in [5.41, 5.74) is 1.91. The largest absolute Gasteiger partial charge is 3.00 e. The Morgan fingerprint density at radius 3 is 2.50 bits per heavy atom. The zero-order valence-electron chi connectivity index (χ0n) is 13.2. The second-order valence-corrected chi connectivity index (χ2v) is 7.00. The monoisotopic (exact) mass is 417 g/mol. The number of benzene rings is 1. The summed E-state index contributed by atoms with van der Waals surface area (Å²) in [5.74, 6) is 0.450. The topological polar surface area (TPSA) is 46.5 Å². The van der Waals surface area contributed by atoms with Crippen molar-refractivity contribution in [1.82, 2.24) is 0 Å². The first-order chi connectivity index (χ1) is 9.97. The number of fused-ring (bicyclic) bond motifs is 1. The third-order valence-electron chi connectivity index (χ3n) is 3.47. The van der Waals surface area contributed by atoms with Crippen molar-refractivity contribution in [1.29, 1.82) is 0 Å². The van der Waals surface area contributed by atoms with E-state index in [0.717, 1.165) is 21.9 Å². The van der Waals surface area contributed by atoms with Gasteiger partial charge in [-0.1, -0.05) is 23.8 Å². The van der Waals surface area contributed by atoms with Gasteiger partial charge in [0, 0.05) is 5.57 Å². The number of hydrogen-bond acceptors (Lipinski definition) is 2. The van der Waals surface area contributed by atoms with E-state index in [-0.39, 0.29) is 46.5 Å². The van der Waals surface area contributed by atoms with E-state index in [2.05, 4.69) is 0 Å². The summed E-state index contributed by atoms with van der Waals surface area (Å²) in [6.07, 6.45) is 5.42. The molecule has 3 rings (SSSR count). The predicted molar refractivity (Wildman–Crippen MR) is 85.7 cm³/mol. The van der Waals surface area contributed by atoms with Gasteiger partial charge in [0.05, 0.1) is 0 Å². The van der Waals surface area contributed by atoms with Crippen LogP contribution in [0.1, 0.15) is 13.8 Å². The average molecular weight is 418 g/mol. The van der Waals surface area contributed by atoms with E-state index in [1.165, 1.54) is 0 Å². The van der Waals surface area contributed by atoms with Crippen molar-refractivity contribution < 1.29 is 60.5 Å². The molecule has 0 spiro atoms. The van der Waals surface area contributed by atoms with Crippen LogP contribution in [0.4, 0.5) is 0 Å². The van der Waals surface area contributed by atoms with Crippen LogP contribution >= 0.6 is 7.60 Å². The summed E-state index contributed by atoms with van der Waals surface area (Å²) in [6.45, 7) is 3.89. The van der Waals surface area contributed by atoms with Crippen molar-refractivity contribution >= 4 is 23.7 Å². The van der Waals surface area contributed by atoms with Crippen LogP contribution in [0.3, 0.4) is 0 Å². The summed E-state index contributed by atoms with van der Waals surface area (Å²) in [7, 11) is -3.89. The fourth-order valence-corrected chi connectivity index (χ4v) is 3.52. The van der Waals surface area contributed by atoms with E-state index < -0.39 is 7.60 Å². The molecule has 0 aliphatic heterocycles. The van der Waals surface area contributed by atoms with Crippen molar-refractivity contribution in [2.45, 2.75) is 13.8 Å². The molecule has 1 atom stereocenters. The third-order valence-corrected chi connectivity index (χ3v) is 4.82. The molecule has 0 aromatic heterocycles. The Morgan fingerprint density at radius 1 is 1.21 bits per heavy atom. The van der Waals surface area contributed by atoms with Crippen molar-refractivity contribution in [3.63, 3.8) is 0 Å². The summed E-state index contributed by atoms with van der Waals surface area (Å²) < 4.78 is 18.0. The summed E-state index contributed by atoms with van der Waals surface area (Å²) in [5, 5.41) is 2.20. The quantitative estimate of drug-likeness (QED) is 0.363. The number of allylic oxidation sites excluding steroid dienone is 4. The van der Waals surface area contributed by atoms with Crippen molar-refractivity contribution in [3.8, 4) is 0 Å². The van der Waals surface area contributed by atoms with Gasteiger partial charge < -0.3 is 34.2 Å². The van der Waals surface area contributed by atoms with Gasteiger partial charge in [-0.3, -0.25) is 0 Å². The molecule has 2 aromatic carbocycles. The maximum absolute atomic E-state index is 12.6.